The molecule has 2 aliphatic rings. The van der Waals surface area contributed by atoms with Crippen molar-refractivity contribution in [3.05, 3.63) is 17.9 Å². The summed E-state index contributed by atoms with van der Waals surface area (Å²) in [5, 5.41) is 0. The van der Waals surface area contributed by atoms with Gasteiger partial charge in [0.15, 0.2) is 0 Å². The Labute approximate surface area is 92.3 Å². The monoisotopic (exact) mass is 202 g/mol. The quantitative estimate of drug-likeness (QED) is 0.636. The fraction of sp³-hybridized carbons (Fsp3) is 0.692. The summed E-state index contributed by atoms with van der Waals surface area (Å²) in [6.07, 6.45) is 8.63. The van der Waals surface area contributed by atoms with E-state index in [1.165, 1.54) is 44.2 Å². The minimum Gasteiger partial charge on any atom is -0.477 e. The third-order valence-corrected chi connectivity index (χ3v) is 4.41. The number of aryl methyl sites for hydroxylation is 1. The topological polar surface area (TPSA) is 13.1 Å². The molecule has 2 saturated heterocycles. The lowest BCUT2D eigenvalue weighted by Gasteiger charge is -2.39. The molecule has 2 fully saturated rings. The van der Waals surface area contributed by atoms with Crippen LogP contribution in [-0.2, 0) is 0 Å². The average molecular weight is 202 g/mol. The molecule has 2 aliphatic heterocycles. The van der Waals surface area contributed by atoms with Gasteiger partial charge in [-0.2, -0.15) is 0 Å². The van der Waals surface area contributed by atoms with Gasteiger partial charge in [0.25, 0.3) is 0 Å². The van der Waals surface area contributed by atoms with Gasteiger partial charge >= 0.3 is 0 Å². The Morgan fingerprint density at radius 1 is 1.07 bits per heavy atom. The Bertz CT molecular complexity index is 322. The first-order valence-corrected chi connectivity index (χ1v) is 6.41. The molecule has 1 aromatic rings. The van der Waals surface area contributed by atoms with E-state index in [0.717, 1.165) is 24.1 Å². The van der Waals surface area contributed by atoms with Crippen molar-refractivity contribution in [3.63, 3.8) is 0 Å². The zero-order valence-corrected chi connectivity index (χ0v) is 9.54. The number of rotatable bonds is 1. The van der Waals surface area contributed by atoms with Crippen molar-refractivity contribution in [1.82, 2.24) is 0 Å². The second kappa shape index (κ2) is 3.73. The van der Waals surface area contributed by atoms with Crippen LogP contribution in [0.3, 0.4) is 0 Å². The maximum atomic E-state index is 5.86. The summed E-state index contributed by atoms with van der Waals surface area (Å²) >= 11 is 0. The first-order chi connectivity index (χ1) is 7.34. The zero-order chi connectivity index (χ0) is 10.3. The van der Waals surface area contributed by atoms with E-state index in [1.54, 1.807) is 0 Å². The van der Waals surface area contributed by atoms with Gasteiger partial charge in [-0.15, -0.1) is 0 Å². The number of furan rings is 1. The molecule has 3 rings (SSSR count). The molecule has 1 nitrogen and oxygen atoms in total. The van der Waals surface area contributed by atoms with Crippen molar-refractivity contribution >= 4 is 12.4 Å². The summed E-state index contributed by atoms with van der Waals surface area (Å²) < 4.78 is 5.86. The van der Waals surface area contributed by atoms with Crippen LogP contribution >= 0.6 is 0 Å². The summed E-state index contributed by atoms with van der Waals surface area (Å²) in [6.45, 7) is 2.81. The van der Waals surface area contributed by atoms with E-state index in [2.05, 4.69) is 19.1 Å². The summed E-state index contributed by atoms with van der Waals surface area (Å²) in [7, 11) is 0. The second-order valence-electron chi connectivity index (χ2n) is 5.36. The van der Waals surface area contributed by atoms with Gasteiger partial charge in [0.1, 0.15) is 0 Å². The highest BCUT2D eigenvalue weighted by molar-refractivity contribution is 6.75. The van der Waals surface area contributed by atoms with Gasteiger partial charge in [0.2, 0.25) is 6.71 Å². The third kappa shape index (κ3) is 1.64. The van der Waals surface area contributed by atoms with Gasteiger partial charge in [0, 0.05) is 0 Å². The predicted octanol–water partition coefficient (Wildman–Crippen LogP) is 3.40. The van der Waals surface area contributed by atoms with Crippen LogP contribution in [0.25, 0.3) is 0 Å². The third-order valence-electron chi connectivity index (χ3n) is 4.41. The van der Waals surface area contributed by atoms with Crippen LogP contribution in [-0.4, -0.2) is 6.71 Å². The van der Waals surface area contributed by atoms with Crippen LogP contribution in [0.15, 0.2) is 16.5 Å². The Morgan fingerprint density at radius 3 is 2.13 bits per heavy atom. The maximum absolute atomic E-state index is 5.86. The normalized spacial score (nSPS) is 30.6. The smallest absolute Gasteiger partial charge is 0.229 e. The molecule has 0 unspecified atom stereocenters. The van der Waals surface area contributed by atoms with Crippen molar-refractivity contribution in [2.75, 3.05) is 0 Å². The molecule has 0 radical (unpaired) electrons. The molecule has 3 heterocycles. The van der Waals surface area contributed by atoms with Crippen molar-refractivity contribution in [1.29, 1.82) is 0 Å². The van der Waals surface area contributed by atoms with Gasteiger partial charge in [-0.1, -0.05) is 50.2 Å². The Balaban J connectivity index is 1.90. The van der Waals surface area contributed by atoms with Crippen LogP contribution in [0.1, 0.15) is 44.3 Å². The highest BCUT2D eigenvalue weighted by atomic mass is 16.3. The Kier molecular flexibility index (Phi) is 2.38. The molecule has 0 aliphatic carbocycles. The standard InChI is InChI=1S/C13H19BO/c1-10-8-9-13(15-10)14-11-4-2-5-12(14)7-3-6-11/h8-9,11-12H,2-7H2,1H3/t11-,12+. The van der Waals surface area contributed by atoms with E-state index in [9.17, 15) is 0 Å². The molecule has 15 heavy (non-hydrogen) atoms. The predicted molar refractivity (Wildman–Crippen MR) is 64.0 cm³/mol. The van der Waals surface area contributed by atoms with Crippen LogP contribution in [0.5, 0.6) is 0 Å². The molecule has 0 atom stereocenters. The molecule has 2 heteroatoms. The fourth-order valence-corrected chi connectivity index (χ4v) is 3.77. The lowest BCUT2D eigenvalue weighted by Crippen LogP contribution is -2.43. The van der Waals surface area contributed by atoms with Gasteiger partial charge in [-0.25, -0.2) is 0 Å². The van der Waals surface area contributed by atoms with Gasteiger partial charge in [-0.3, -0.25) is 0 Å². The lowest BCUT2D eigenvalue weighted by molar-refractivity contribution is 0.440. The Morgan fingerprint density at radius 2 is 1.67 bits per heavy atom. The van der Waals surface area contributed by atoms with Gasteiger partial charge in [-0.05, 0) is 19.1 Å². The van der Waals surface area contributed by atoms with Crippen molar-refractivity contribution in [3.8, 4) is 0 Å². The molecule has 0 aromatic carbocycles. The van der Waals surface area contributed by atoms with Crippen LogP contribution in [0, 0.1) is 6.92 Å². The summed E-state index contributed by atoms with van der Waals surface area (Å²) in [4.78, 5) is 0. The minimum absolute atomic E-state index is 0.751. The number of hydrogen-bond acceptors (Lipinski definition) is 1. The molecule has 0 saturated carbocycles. The molecule has 0 N–H and O–H groups in total. The lowest BCUT2D eigenvalue weighted by atomic mass is 9.26. The molecule has 1 aromatic heterocycles. The largest absolute Gasteiger partial charge is 0.477 e. The van der Waals surface area contributed by atoms with Crippen molar-refractivity contribution < 1.29 is 4.42 Å². The van der Waals surface area contributed by atoms with E-state index >= 15 is 0 Å². The van der Waals surface area contributed by atoms with Crippen LogP contribution in [0.2, 0.25) is 11.6 Å². The molecular formula is C13H19BO. The van der Waals surface area contributed by atoms with Crippen LogP contribution in [0.4, 0.5) is 0 Å². The fourth-order valence-electron chi connectivity index (χ4n) is 3.77. The molecule has 80 valence electrons. The molecular weight excluding hydrogens is 183 g/mol. The SMILES string of the molecule is Cc1ccc(B2[C@H]3CCC[C@@H]2CCC3)o1. The van der Waals surface area contributed by atoms with Gasteiger partial charge < -0.3 is 4.42 Å². The van der Waals surface area contributed by atoms with Gasteiger partial charge in [0.05, 0.1) is 11.4 Å². The summed E-state index contributed by atoms with van der Waals surface area (Å²) in [6, 6.07) is 4.34. The van der Waals surface area contributed by atoms with E-state index in [-0.39, 0.29) is 0 Å². The Hall–Kier alpha value is -0.655. The molecule has 2 bridgehead atoms. The summed E-state index contributed by atoms with van der Waals surface area (Å²) in [5.74, 6) is 2.92. The molecule has 0 spiro atoms. The number of hydrogen-bond donors (Lipinski definition) is 0. The molecule has 0 amide bonds. The summed E-state index contributed by atoms with van der Waals surface area (Å²) in [5.41, 5.74) is 1.28. The second-order valence-corrected chi connectivity index (χ2v) is 5.36. The van der Waals surface area contributed by atoms with E-state index in [4.69, 9.17) is 4.42 Å². The maximum Gasteiger partial charge on any atom is 0.229 e. The van der Waals surface area contributed by atoms with Crippen molar-refractivity contribution in [2.45, 2.75) is 57.1 Å². The number of fused-ring (bicyclic) bond motifs is 2. The zero-order valence-electron chi connectivity index (χ0n) is 9.54. The highest BCUT2D eigenvalue weighted by Crippen LogP contribution is 2.46. The first-order valence-electron chi connectivity index (χ1n) is 6.41. The average Bonchev–Trinajstić information content (AvgIpc) is 2.63. The van der Waals surface area contributed by atoms with E-state index < -0.39 is 0 Å². The highest BCUT2D eigenvalue weighted by Gasteiger charge is 2.42. The minimum atomic E-state index is 0.751. The van der Waals surface area contributed by atoms with E-state index in [1.807, 2.05) is 0 Å². The van der Waals surface area contributed by atoms with Crippen molar-refractivity contribution in [2.24, 2.45) is 0 Å². The first kappa shape index (κ1) is 9.56. The van der Waals surface area contributed by atoms with Crippen LogP contribution < -0.4 is 5.66 Å². The van der Waals surface area contributed by atoms with E-state index in [0.29, 0.717) is 0 Å².